The van der Waals surface area contributed by atoms with E-state index in [1.807, 2.05) is 0 Å². The van der Waals surface area contributed by atoms with E-state index in [1.165, 1.54) is 6.20 Å². The first-order valence-corrected chi connectivity index (χ1v) is 4.71. The highest BCUT2D eigenvalue weighted by molar-refractivity contribution is 6.29. The van der Waals surface area contributed by atoms with E-state index in [9.17, 15) is 4.79 Å². The zero-order valence-corrected chi connectivity index (χ0v) is 8.42. The number of pyridine rings is 1. The second-order valence-corrected chi connectivity index (χ2v) is 3.20. The van der Waals surface area contributed by atoms with Gasteiger partial charge in [0.05, 0.1) is 11.9 Å². The number of nitrogens with two attached hydrogens (primary N) is 1. The summed E-state index contributed by atoms with van der Waals surface area (Å²) in [6.45, 7) is 0.520. The predicted octanol–water partition coefficient (Wildman–Crippen LogP) is 1.41. The standard InChI is InChI=1S/C9H12ClN3O/c10-8-4-3-7(6-12-8)13-9(14)2-1-5-11/h3-4,6H,1-2,5,11H2,(H,13,14). The van der Waals surface area contributed by atoms with Gasteiger partial charge in [0.2, 0.25) is 5.91 Å². The number of hydrogen-bond donors (Lipinski definition) is 2. The number of rotatable bonds is 4. The number of carbonyl (C=O) groups is 1. The van der Waals surface area contributed by atoms with Crippen LogP contribution >= 0.6 is 11.6 Å². The fourth-order valence-corrected chi connectivity index (χ4v) is 1.05. The van der Waals surface area contributed by atoms with E-state index in [4.69, 9.17) is 17.3 Å². The number of hydrogen-bond acceptors (Lipinski definition) is 3. The first-order valence-electron chi connectivity index (χ1n) is 4.34. The normalized spacial score (nSPS) is 9.86. The number of nitrogens with zero attached hydrogens (tertiary/aromatic N) is 1. The summed E-state index contributed by atoms with van der Waals surface area (Å²) in [4.78, 5) is 15.1. The third-order valence-electron chi connectivity index (χ3n) is 1.62. The molecule has 1 aromatic heterocycles. The SMILES string of the molecule is NCCCC(=O)Nc1ccc(Cl)nc1. The third-order valence-corrected chi connectivity index (χ3v) is 1.84. The van der Waals surface area contributed by atoms with Crippen LogP contribution in [0.15, 0.2) is 18.3 Å². The fourth-order valence-electron chi connectivity index (χ4n) is 0.936. The zero-order valence-electron chi connectivity index (χ0n) is 7.66. The zero-order chi connectivity index (χ0) is 10.4. The van der Waals surface area contributed by atoms with E-state index < -0.39 is 0 Å². The summed E-state index contributed by atoms with van der Waals surface area (Å²) in [5.74, 6) is -0.0560. The van der Waals surface area contributed by atoms with Crippen LogP contribution in [0.1, 0.15) is 12.8 Å². The molecule has 3 N–H and O–H groups in total. The first kappa shape index (κ1) is 10.9. The van der Waals surface area contributed by atoms with Crippen LogP contribution in [-0.4, -0.2) is 17.4 Å². The molecular formula is C9H12ClN3O. The maximum absolute atomic E-state index is 11.2. The Morgan fingerprint density at radius 1 is 1.57 bits per heavy atom. The molecule has 1 aromatic rings. The van der Waals surface area contributed by atoms with Gasteiger partial charge in [-0.25, -0.2) is 4.98 Å². The van der Waals surface area contributed by atoms with Gasteiger partial charge < -0.3 is 11.1 Å². The summed E-state index contributed by atoms with van der Waals surface area (Å²) in [6, 6.07) is 3.33. The van der Waals surface area contributed by atoms with Gasteiger partial charge in [0.1, 0.15) is 5.15 Å². The van der Waals surface area contributed by atoms with Gasteiger partial charge in [-0.15, -0.1) is 0 Å². The van der Waals surface area contributed by atoms with Crippen molar-refractivity contribution in [2.24, 2.45) is 5.73 Å². The lowest BCUT2D eigenvalue weighted by Gasteiger charge is -2.03. The molecule has 1 rings (SSSR count). The molecule has 0 radical (unpaired) electrons. The van der Waals surface area contributed by atoms with Crippen LogP contribution in [0.5, 0.6) is 0 Å². The highest BCUT2D eigenvalue weighted by atomic mass is 35.5. The average molecular weight is 214 g/mol. The van der Waals surface area contributed by atoms with Gasteiger partial charge in [0, 0.05) is 6.42 Å². The molecule has 0 aliphatic rings. The largest absolute Gasteiger partial charge is 0.330 e. The van der Waals surface area contributed by atoms with Crippen molar-refractivity contribution in [3.05, 3.63) is 23.5 Å². The molecule has 5 heteroatoms. The Kier molecular flexibility index (Phi) is 4.35. The first-order chi connectivity index (χ1) is 6.72. The highest BCUT2D eigenvalue weighted by Gasteiger charge is 2.01. The van der Waals surface area contributed by atoms with Gasteiger partial charge in [-0.1, -0.05) is 11.6 Å². The minimum absolute atomic E-state index is 0.0560. The molecule has 0 aliphatic carbocycles. The van der Waals surface area contributed by atoms with E-state index >= 15 is 0 Å². The Bertz CT molecular complexity index is 299. The second kappa shape index (κ2) is 5.57. The van der Waals surface area contributed by atoms with Crippen molar-refractivity contribution in [2.45, 2.75) is 12.8 Å². The van der Waals surface area contributed by atoms with Crippen molar-refractivity contribution in [3.63, 3.8) is 0 Å². The summed E-state index contributed by atoms with van der Waals surface area (Å²) >= 11 is 5.59. The van der Waals surface area contributed by atoms with E-state index in [2.05, 4.69) is 10.3 Å². The van der Waals surface area contributed by atoms with Gasteiger partial charge >= 0.3 is 0 Å². The minimum atomic E-state index is -0.0560. The summed E-state index contributed by atoms with van der Waals surface area (Å²) in [5, 5.41) is 3.10. The molecule has 4 nitrogen and oxygen atoms in total. The Labute approximate surface area is 87.5 Å². The maximum atomic E-state index is 11.2. The maximum Gasteiger partial charge on any atom is 0.224 e. The van der Waals surface area contributed by atoms with E-state index in [0.29, 0.717) is 30.2 Å². The van der Waals surface area contributed by atoms with Crippen LogP contribution < -0.4 is 11.1 Å². The van der Waals surface area contributed by atoms with E-state index in [1.54, 1.807) is 12.1 Å². The number of anilines is 1. The topological polar surface area (TPSA) is 68.0 Å². The van der Waals surface area contributed by atoms with Crippen LogP contribution in [0, 0.1) is 0 Å². The summed E-state index contributed by atoms with van der Waals surface area (Å²) in [5.41, 5.74) is 5.93. The molecular weight excluding hydrogens is 202 g/mol. The molecule has 1 amide bonds. The number of halogens is 1. The smallest absolute Gasteiger partial charge is 0.224 e. The monoisotopic (exact) mass is 213 g/mol. The molecule has 0 unspecified atom stereocenters. The van der Waals surface area contributed by atoms with Gasteiger partial charge in [-0.05, 0) is 25.1 Å². The summed E-state index contributed by atoms with van der Waals surface area (Å²) in [7, 11) is 0. The second-order valence-electron chi connectivity index (χ2n) is 2.81. The van der Waals surface area contributed by atoms with Gasteiger partial charge in [-0.2, -0.15) is 0 Å². The minimum Gasteiger partial charge on any atom is -0.330 e. The molecule has 0 fully saturated rings. The van der Waals surface area contributed by atoms with Crippen LogP contribution in [0.3, 0.4) is 0 Å². The average Bonchev–Trinajstić information content (AvgIpc) is 2.18. The summed E-state index contributed by atoms with van der Waals surface area (Å²) in [6.07, 6.45) is 2.63. The number of nitrogens with one attached hydrogen (secondary N) is 1. The summed E-state index contributed by atoms with van der Waals surface area (Å²) < 4.78 is 0. The molecule has 0 aliphatic heterocycles. The van der Waals surface area contributed by atoms with Gasteiger partial charge in [-0.3, -0.25) is 4.79 Å². The predicted molar refractivity (Wildman–Crippen MR) is 56.2 cm³/mol. The van der Waals surface area contributed by atoms with Crippen LogP contribution in [0.25, 0.3) is 0 Å². The Morgan fingerprint density at radius 3 is 2.93 bits per heavy atom. The van der Waals surface area contributed by atoms with Crippen LogP contribution in [0.4, 0.5) is 5.69 Å². The Balaban J connectivity index is 2.44. The molecule has 0 aromatic carbocycles. The number of carbonyl (C=O) groups excluding carboxylic acids is 1. The van der Waals surface area contributed by atoms with Crippen molar-refractivity contribution < 1.29 is 4.79 Å². The Morgan fingerprint density at radius 2 is 2.36 bits per heavy atom. The van der Waals surface area contributed by atoms with Gasteiger partial charge in [0.15, 0.2) is 0 Å². The molecule has 1 heterocycles. The van der Waals surface area contributed by atoms with Crippen molar-refractivity contribution in [1.82, 2.24) is 4.98 Å². The van der Waals surface area contributed by atoms with Crippen molar-refractivity contribution in [3.8, 4) is 0 Å². The lowest BCUT2D eigenvalue weighted by atomic mass is 10.3. The quantitative estimate of drug-likeness (QED) is 0.744. The third kappa shape index (κ3) is 3.72. The molecule has 0 spiro atoms. The number of aromatic nitrogens is 1. The van der Waals surface area contributed by atoms with Crippen molar-refractivity contribution in [1.29, 1.82) is 0 Å². The molecule has 0 bridgehead atoms. The lowest BCUT2D eigenvalue weighted by molar-refractivity contribution is -0.116. The highest BCUT2D eigenvalue weighted by Crippen LogP contribution is 2.09. The number of amides is 1. The fraction of sp³-hybridized carbons (Fsp3) is 0.333. The van der Waals surface area contributed by atoms with Gasteiger partial charge in [0.25, 0.3) is 0 Å². The van der Waals surface area contributed by atoms with E-state index in [0.717, 1.165) is 0 Å². The molecule has 14 heavy (non-hydrogen) atoms. The lowest BCUT2D eigenvalue weighted by Crippen LogP contribution is -2.13. The van der Waals surface area contributed by atoms with Crippen LogP contribution in [-0.2, 0) is 4.79 Å². The van der Waals surface area contributed by atoms with Crippen molar-refractivity contribution >= 4 is 23.2 Å². The molecule has 76 valence electrons. The Hall–Kier alpha value is -1.13. The van der Waals surface area contributed by atoms with Crippen molar-refractivity contribution in [2.75, 3.05) is 11.9 Å². The van der Waals surface area contributed by atoms with E-state index in [-0.39, 0.29) is 5.91 Å². The molecule has 0 saturated carbocycles. The van der Waals surface area contributed by atoms with Crippen LogP contribution in [0.2, 0.25) is 5.15 Å². The molecule has 0 saturated heterocycles. The molecule has 0 atom stereocenters.